The highest BCUT2D eigenvalue weighted by Gasteiger charge is 2.34. The Morgan fingerprint density at radius 3 is 2.50 bits per heavy atom. The molecule has 2 aromatic carbocycles. The van der Waals surface area contributed by atoms with E-state index in [1.165, 1.54) is 0 Å². The van der Waals surface area contributed by atoms with Crippen molar-refractivity contribution in [1.29, 1.82) is 0 Å². The molecule has 0 N–H and O–H groups in total. The molecule has 3 rings (SSSR count). The van der Waals surface area contributed by atoms with Gasteiger partial charge in [-0.15, -0.1) is 0 Å². The fourth-order valence-electron chi connectivity index (χ4n) is 2.89. The molecule has 1 aliphatic heterocycles. The second kappa shape index (κ2) is 7.34. The van der Waals surface area contributed by atoms with Gasteiger partial charge in [0.25, 0.3) is 0 Å². The number of nitrogens with zero attached hydrogens (tertiary/aromatic N) is 1. The Hall–Kier alpha value is -1.89. The van der Waals surface area contributed by atoms with Gasteiger partial charge in [-0.3, -0.25) is 0 Å². The summed E-state index contributed by atoms with van der Waals surface area (Å²) in [6, 6.07) is 16.2. The van der Waals surface area contributed by atoms with E-state index in [4.69, 9.17) is 9.47 Å². The van der Waals surface area contributed by atoms with E-state index in [0.29, 0.717) is 31.9 Å². The molecule has 0 amide bonds. The van der Waals surface area contributed by atoms with Gasteiger partial charge in [-0.05, 0) is 36.2 Å². The monoisotopic (exact) mass is 347 g/mol. The summed E-state index contributed by atoms with van der Waals surface area (Å²) in [5.41, 5.74) is 1.10. The van der Waals surface area contributed by atoms with Crippen molar-refractivity contribution < 1.29 is 17.9 Å². The van der Waals surface area contributed by atoms with E-state index in [-0.39, 0.29) is 10.9 Å². The number of rotatable bonds is 5. The molecule has 1 unspecified atom stereocenters. The van der Waals surface area contributed by atoms with Crippen LogP contribution < -0.4 is 4.74 Å². The lowest BCUT2D eigenvalue weighted by atomic mass is 10.1. The zero-order valence-corrected chi connectivity index (χ0v) is 14.4. The Balaban J connectivity index is 1.85. The summed E-state index contributed by atoms with van der Waals surface area (Å²) < 4.78 is 38.2. The molecule has 1 atom stereocenters. The van der Waals surface area contributed by atoms with Crippen molar-refractivity contribution in [2.24, 2.45) is 0 Å². The molecule has 1 heterocycles. The summed E-state index contributed by atoms with van der Waals surface area (Å²) in [5.74, 6) is 0.636. The molecule has 0 bridgehead atoms. The molecule has 0 saturated carbocycles. The fourth-order valence-corrected chi connectivity index (χ4v) is 4.48. The van der Waals surface area contributed by atoms with Gasteiger partial charge >= 0.3 is 0 Å². The Kier molecular flexibility index (Phi) is 5.18. The summed E-state index contributed by atoms with van der Waals surface area (Å²) in [5, 5.41) is 0. The molecule has 1 fully saturated rings. The summed E-state index contributed by atoms with van der Waals surface area (Å²) in [6.07, 6.45) is 0.635. The lowest BCUT2D eigenvalue weighted by Gasteiger charge is -2.34. The molecule has 6 heteroatoms. The maximum Gasteiger partial charge on any atom is 0.243 e. The van der Waals surface area contributed by atoms with Crippen LogP contribution in [0.2, 0.25) is 0 Å². The van der Waals surface area contributed by atoms with Crippen molar-refractivity contribution in [3.05, 3.63) is 60.2 Å². The van der Waals surface area contributed by atoms with Gasteiger partial charge < -0.3 is 9.47 Å². The maximum absolute atomic E-state index is 13.0. The van der Waals surface area contributed by atoms with Crippen LogP contribution in [-0.2, 0) is 21.2 Å². The summed E-state index contributed by atoms with van der Waals surface area (Å²) in [4.78, 5) is 0.281. The van der Waals surface area contributed by atoms with E-state index >= 15 is 0 Å². The van der Waals surface area contributed by atoms with Crippen LogP contribution in [0.25, 0.3) is 0 Å². The smallest absolute Gasteiger partial charge is 0.243 e. The molecule has 24 heavy (non-hydrogen) atoms. The molecule has 5 nitrogen and oxygen atoms in total. The lowest BCUT2D eigenvalue weighted by molar-refractivity contribution is 0.0328. The average Bonchev–Trinajstić information content (AvgIpc) is 2.63. The number of benzene rings is 2. The van der Waals surface area contributed by atoms with E-state index < -0.39 is 10.0 Å². The number of hydrogen-bond donors (Lipinski definition) is 0. The first kappa shape index (κ1) is 17.0. The standard InChI is InChI=1S/C18H21NO4S/c1-22-17-7-9-18(10-8-17)24(20,21)19-11-12-23-14-16(19)13-15-5-3-2-4-6-15/h2-10,16H,11-14H2,1H3. The molecule has 0 aliphatic carbocycles. The summed E-state index contributed by atoms with van der Waals surface area (Å²) in [6.45, 7) is 1.19. The van der Waals surface area contributed by atoms with E-state index in [2.05, 4.69) is 0 Å². The van der Waals surface area contributed by atoms with Crippen LogP contribution >= 0.6 is 0 Å². The Morgan fingerprint density at radius 2 is 1.83 bits per heavy atom. The van der Waals surface area contributed by atoms with Crippen molar-refractivity contribution in [3.63, 3.8) is 0 Å². The van der Waals surface area contributed by atoms with Gasteiger partial charge in [0.05, 0.1) is 31.3 Å². The van der Waals surface area contributed by atoms with E-state index in [0.717, 1.165) is 5.56 Å². The highest BCUT2D eigenvalue weighted by Crippen LogP contribution is 2.24. The second-order valence-corrected chi connectivity index (χ2v) is 7.60. The van der Waals surface area contributed by atoms with Gasteiger partial charge in [0.15, 0.2) is 0 Å². The Morgan fingerprint density at radius 1 is 1.12 bits per heavy atom. The lowest BCUT2D eigenvalue weighted by Crippen LogP contribution is -2.49. The minimum absolute atomic E-state index is 0.201. The van der Waals surface area contributed by atoms with Crippen LogP contribution in [0.1, 0.15) is 5.56 Å². The van der Waals surface area contributed by atoms with Crippen LogP contribution in [0.5, 0.6) is 5.75 Å². The predicted molar refractivity (Wildman–Crippen MR) is 91.6 cm³/mol. The van der Waals surface area contributed by atoms with E-state index in [9.17, 15) is 8.42 Å². The Labute approximate surface area is 142 Å². The first-order valence-corrected chi connectivity index (χ1v) is 9.33. The maximum atomic E-state index is 13.0. The third-order valence-corrected chi connectivity index (χ3v) is 6.12. The van der Waals surface area contributed by atoms with Crippen LogP contribution in [0.15, 0.2) is 59.5 Å². The van der Waals surface area contributed by atoms with Gasteiger partial charge in [-0.2, -0.15) is 4.31 Å². The molecular weight excluding hydrogens is 326 g/mol. The van der Waals surface area contributed by atoms with Gasteiger partial charge in [-0.25, -0.2) is 8.42 Å². The minimum Gasteiger partial charge on any atom is -0.497 e. The molecule has 2 aromatic rings. The van der Waals surface area contributed by atoms with Gasteiger partial charge in [0.1, 0.15) is 5.75 Å². The minimum atomic E-state index is -3.56. The average molecular weight is 347 g/mol. The number of morpholine rings is 1. The zero-order valence-electron chi connectivity index (χ0n) is 13.6. The van der Waals surface area contributed by atoms with Crippen LogP contribution in [0.4, 0.5) is 0 Å². The van der Waals surface area contributed by atoms with Crippen LogP contribution in [0, 0.1) is 0 Å². The predicted octanol–water partition coefficient (Wildman–Crippen LogP) is 2.33. The zero-order chi connectivity index (χ0) is 17.0. The molecule has 0 spiro atoms. The van der Waals surface area contributed by atoms with Gasteiger partial charge in [0.2, 0.25) is 10.0 Å². The second-order valence-electron chi connectivity index (χ2n) is 5.71. The van der Waals surface area contributed by atoms with Crippen molar-refractivity contribution in [3.8, 4) is 5.75 Å². The SMILES string of the molecule is COc1ccc(S(=O)(=O)N2CCOCC2Cc2ccccc2)cc1. The summed E-state index contributed by atoms with van der Waals surface area (Å²) >= 11 is 0. The first-order chi connectivity index (χ1) is 11.6. The molecule has 1 saturated heterocycles. The topological polar surface area (TPSA) is 55.8 Å². The van der Waals surface area contributed by atoms with Crippen LogP contribution in [-0.4, -0.2) is 45.6 Å². The van der Waals surface area contributed by atoms with Crippen molar-refractivity contribution in [2.75, 3.05) is 26.9 Å². The van der Waals surface area contributed by atoms with E-state index in [1.807, 2.05) is 30.3 Å². The highest BCUT2D eigenvalue weighted by atomic mass is 32.2. The molecular formula is C18H21NO4S. The van der Waals surface area contributed by atoms with Gasteiger partial charge in [-0.1, -0.05) is 30.3 Å². The van der Waals surface area contributed by atoms with Gasteiger partial charge in [0, 0.05) is 6.54 Å². The van der Waals surface area contributed by atoms with E-state index in [1.54, 1.807) is 35.7 Å². The number of sulfonamides is 1. The van der Waals surface area contributed by atoms with Crippen molar-refractivity contribution >= 4 is 10.0 Å². The number of methoxy groups -OCH3 is 1. The molecule has 0 aromatic heterocycles. The fraction of sp³-hybridized carbons (Fsp3) is 0.333. The first-order valence-electron chi connectivity index (χ1n) is 7.89. The quantitative estimate of drug-likeness (QED) is 0.833. The molecule has 1 aliphatic rings. The summed E-state index contributed by atoms with van der Waals surface area (Å²) in [7, 11) is -2.00. The third kappa shape index (κ3) is 3.61. The number of ether oxygens (including phenoxy) is 2. The number of hydrogen-bond acceptors (Lipinski definition) is 4. The largest absolute Gasteiger partial charge is 0.497 e. The third-order valence-electron chi connectivity index (χ3n) is 4.15. The van der Waals surface area contributed by atoms with Crippen LogP contribution in [0.3, 0.4) is 0 Å². The van der Waals surface area contributed by atoms with Crippen molar-refractivity contribution in [2.45, 2.75) is 17.4 Å². The molecule has 128 valence electrons. The Bertz CT molecular complexity index is 759. The molecule has 0 radical (unpaired) electrons. The van der Waals surface area contributed by atoms with Crippen molar-refractivity contribution in [1.82, 2.24) is 4.31 Å². The normalized spacial score (nSPS) is 19.1. The highest BCUT2D eigenvalue weighted by molar-refractivity contribution is 7.89.